The van der Waals surface area contributed by atoms with E-state index in [0.29, 0.717) is 22.9 Å². The Hall–Kier alpha value is -2.46. The Bertz CT molecular complexity index is 936. The van der Waals surface area contributed by atoms with Crippen LogP contribution >= 0.6 is 11.3 Å². The number of aryl methyl sites for hydroxylation is 1. The summed E-state index contributed by atoms with van der Waals surface area (Å²) in [5.74, 6) is -0.687. The number of amides is 1. The molecule has 1 aromatic carbocycles. The molecule has 0 aliphatic heterocycles. The van der Waals surface area contributed by atoms with Gasteiger partial charge >= 0.3 is 5.97 Å². The lowest BCUT2D eigenvalue weighted by atomic mass is 10.1. The number of hydrogen-bond donors (Lipinski definition) is 1. The molecule has 1 heterocycles. The molecule has 0 spiro atoms. The second kappa shape index (κ2) is 8.49. The molecule has 0 saturated heterocycles. The van der Waals surface area contributed by atoms with E-state index in [0.717, 1.165) is 27.5 Å². The van der Waals surface area contributed by atoms with Crippen LogP contribution in [-0.4, -0.2) is 45.2 Å². The number of carbonyl (C=O) groups excluding carboxylic acids is 2. The minimum atomic E-state index is -3.45. The third kappa shape index (κ3) is 5.51. The van der Waals surface area contributed by atoms with E-state index in [4.69, 9.17) is 4.74 Å². The number of rotatable bonds is 7. The van der Waals surface area contributed by atoms with Crippen LogP contribution in [0.2, 0.25) is 0 Å². The Balaban J connectivity index is 2.09. The van der Waals surface area contributed by atoms with Crippen molar-refractivity contribution in [3.05, 3.63) is 40.4 Å². The normalized spacial score (nSPS) is 11.1. The highest BCUT2D eigenvalue weighted by atomic mass is 32.2. The molecule has 27 heavy (non-hydrogen) atoms. The van der Waals surface area contributed by atoms with E-state index in [9.17, 15) is 18.0 Å². The van der Waals surface area contributed by atoms with E-state index in [1.54, 1.807) is 38.1 Å². The van der Waals surface area contributed by atoms with Gasteiger partial charge in [-0.25, -0.2) is 17.7 Å². The largest absolute Gasteiger partial charge is 0.466 e. The number of anilines is 2. The van der Waals surface area contributed by atoms with Gasteiger partial charge in [-0.05, 0) is 31.5 Å². The fraction of sp³-hybridized carbons (Fsp3) is 0.353. The number of esters is 1. The second-order valence-corrected chi connectivity index (χ2v) is 8.77. The van der Waals surface area contributed by atoms with Crippen molar-refractivity contribution in [2.45, 2.75) is 20.3 Å². The summed E-state index contributed by atoms with van der Waals surface area (Å²) in [6.45, 7) is 3.72. The van der Waals surface area contributed by atoms with E-state index >= 15 is 0 Å². The van der Waals surface area contributed by atoms with Crippen molar-refractivity contribution in [2.75, 3.05) is 29.5 Å². The molecule has 1 N–H and O–H groups in total. The third-order valence-corrected chi connectivity index (χ3v) is 6.14. The molecular weight excluding hydrogens is 390 g/mol. The standard InChI is InChI=1S/C17H21N3O5S2/c1-5-25-14(21)10-12-6-8-13(9-7-12)19-16(22)15-11(2)18-17(26-15)20(3)27(4,23)24/h6-9H,5,10H2,1-4H3,(H,19,22). The van der Waals surface area contributed by atoms with Crippen LogP contribution in [0.15, 0.2) is 24.3 Å². The van der Waals surface area contributed by atoms with Crippen LogP contribution in [-0.2, 0) is 26.0 Å². The van der Waals surface area contributed by atoms with Crippen molar-refractivity contribution in [1.82, 2.24) is 4.98 Å². The van der Waals surface area contributed by atoms with Crippen LogP contribution in [0.5, 0.6) is 0 Å². The van der Waals surface area contributed by atoms with Gasteiger partial charge in [0.05, 0.1) is 25.0 Å². The first kappa shape index (κ1) is 20.8. The van der Waals surface area contributed by atoms with Gasteiger partial charge in [0.1, 0.15) is 4.88 Å². The first-order valence-electron chi connectivity index (χ1n) is 8.09. The topological polar surface area (TPSA) is 106 Å². The summed E-state index contributed by atoms with van der Waals surface area (Å²) in [6, 6.07) is 6.84. The number of hydrogen-bond acceptors (Lipinski definition) is 7. The van der Waals surface area contributed by atoms with Crippen LogP contribution in [0.1, 0.15) is 27.9 Å². The van der Waals surface area contributed by atoms with Gasteiger partial charge in [0.15, 0.2) is 5.13 Å². The van der Waals surface area contributed by atoms with Crippen LogP contribution in [0.3, 0.4) is 0 Å². The fourth-order valence-corrected chi connectivity index (χ4v) is 3.82. The molecule has 0 saturated carbocycles. The number of sulfonamides is 1. The smallest absolute Gasteiger partial charge is 0.310 e. The monoisotopic (exact) mass is 411 g/mol. The van der Waals surface area contributed by atoms with Gasteiger partial charge in [0.2, 0.25) is 10.0 Å². The van der Waals surface area contributed by atoms with Crippen molar-refractivity contribution in [3.63, 3.8) is 0 Å². The van der Waals surface area contributed by atoms with Crippen molar-refractivity contribution in [2.24, 2.45) is 0 Å². The van der Waals surface area contributed by atoms with E-state index < -0.39 is 10.0 Å². The molecule has 0 atom stereocenters. The molecule has 1 amide bonds. The Morgan fingerprint density at radius 1 is 1.26 bits per heavy atom. The summed E-state index contributed by atoms with van der Waals surface area (Å²) < 4.78 is 29.2. The maximum Gasteiger partial charge on any atom is 0.310 e. The highest BCUT2D eigenvalue weighted by Crippen LogP contribution is 2.27. The van der Waals surface area contributed by atoms with Gasteiger partial charge in [-0.15, -0.1) is 0 Å². The molecule has 1 aromatic heterocycles. The first-order valence-corrected chi connectivity index (χ1v) is 10.8. The molecule has 0 unspecified atom stereocenters. The molecule has 146 valence electrons. The van der Waals surface area contributed by atoms with Gasteiger partial charge in [0, 0.05) is 12.7 Å². The number of benzene rings is 1. The van der Waals surface area contributed by atoms with Gasteiger partial charge in [-0.3, -0.25) is 9.59 Å². The number of ether oxygens (including phenoxy) is 1. The quantitative estimate of drug-likeness (QED) is 0.700. The van der Waals surface area contributed by atoms with Crippen LogP contribution < -0.4 is 9.62 Å². The van der Waals surface area contributed by atoms with Gasteiger partial charge in [-0.1, -0.05) is 23.5 Å². The zero-order valence-electron chi connectivity index (χ0n) is 15.5. The van der Waals surface area contributed by atoms with Gasteiger partial charge < -0.3 is 10.1 Å². The zero-order chi connectivity index (χ0) is 20.2. The minimum absolute atomic E-state index is 0.164. The Morgan fingerprint density at radius 3 is 2.44 bits per heavy atom. The summed E-state index contributed by atoms with van der Waals surface area (Å²) in [6.07, 6.45) is 1.23. The molecule has 10 heteroatoms. The number of nitrogens with one attached hydrogen (secondary N) is 1. The first-order chi connectivity index (χ1) is 12.6. The van der Waals surface area contributed by atoms with Crippen molar-refractivity contribution in [1.29, 1.82) is 0 Å². The number of aromatic nitrogens is 1. The van der Waals surface area contributed by atoms with Crippen LogP contribution in [0.25, 0.3) is 0 Å². The van der Waals surface area contributed by atoms with Gasteiger partial charge in [0.25, 0.3) is 5.91 Å². The maximum atomic E-state index is 12.5. The molecule has 2 aromatic rings. The molecule has 0 aliphatic carbocycles. The zero-order valence-corrected chi connectivity index (χ0v) is 17.1. The lowest BCUT2D eigenvalue weighted by Gasteiger charge is -2.11. The molecule has 0 bridgehead atoms. The average Bonchev–Trinajstić information content (AvgIpc) is 2.97. The number of nitrogens with zero attached hydrogens (tertiary/aromatic N) is 2. The van der Waals surface area contributed by atoms with E-state index in [1.807, 2.05) is 0 Å². The lowest BCUT2D eigenvalue weighted by Crippen LogP contribution is -2.24. The summed E-state index contributed by atoms with van der Waals surface area (Å²) in [5.41, 5.74) is 1.78. The minimum Gasteiger partial charge on any atom is -0.466 e. The summed E-state index contributed by atoms with van der Waals surface area (Å²) in [5, 5.41) is 2.97. The summed E-state index contributed by atoms with van der Waals surface area (Å²) in [7, 11) is -2.06. The van der Waals surface area contributed by atoms with Crippen LogP contribution in [0, 0.1) is 6.92 Å². The predicted octanol–water partition coefficient (Wildman–Crippen LogP) is 2.21. The Kier molecular flexibility index (Phi) is 6.55. The van der Waals surface area contributed by atoms with Gasteiger partial charge in [-0.2, -0.15) is 0 Å². The third-order valence-electron chi connectivity index (χ3n) is 3.62. The lowest BCUT2D eigenvalue weighted by molar-refractivity contribution is -0.142. The van der Waals surface area contributed by atoms with Crippen molar-refractivity contribution in [3.8, 4) is 0 Å². The summed E-state index contributed by atoms with van der Waals surface area (Å²) in [4.78, 5) is 28.5. The predicted molar refractivity (Wildman–Crippen MR) is 105 cm³/mol. The average molecular weight is 412 g/mol. The van der Waals surface area contributed by atoms with E-state index in [1.165, 1.54) is 7.05 Å². The molecule has 0 aliphatic rings. The highest BCUT2D eigenvalue weighted by molar-refractivity contribution is 7.92. The molecule has 2 rings (SSSR count). The molecular formula is C17H21N3O5S2. The maximum absolute atomic E-state index is 12.5. The highest BCUT2D eigenvalue weighted by Gasteiger charge is 2.21. The Labute approximate surface area is 162 Å². The number of thiazole rings is 1. The van der Waals surface area contributed by atoms with E-state index in [-0.39, 0.29) is 23.4 Å². The second-order valence-electron chi connectivity index (χ2n) is 5.77. The fourth-order valence-electron chi connectivity index (χ4n) is 2.14. The number of carbonyl (C=O) groups is 2. The summed E-state index contributed by atoms with van der Waals surface area (Å²) >= 11 is 1.00. The van der Waals surface area contributed by atoms with E-state index in [2.05, 4.69) is 10.3 Å². The molecule has 8 nitrogen and oxygen atoms in total. The van der Waals surface area contributed by atoms with Crippen LogP contribution in [0.4, 0.5) is 10.8 Å². The van der Waals surface area contributed by atoms with Crippen molar-refractivity contribution < 1.29 is 22.7 Å². The van der Waals surface area contributed by atoms with Crippen molar-refractivity contribution >= 4 is 44.1 Å². The molecule has 0 fully saturated rings. The Morgan fingerprint density at radius 2 is 1.89 bits per heavy atom. The SMILES string of the molecule is CCOC(=O)Cc1ccc(NC(=O)c2sc(N(C)S(C)(=O)=O)nc2C)cc1. The molecule has 0 radical (unpaired) electrons.